The third-order valence-corrected chi connectivity index (χ3v) is 2.61. The van der Waals surface area contributed by atoms with Crippen LogP contribution in [0.5, 0.6) is 0 Å². The zero-order chi connectivity index (χ0) is 14.8. The third-order valence-electron chi connectivity index (χ3n) is 2.61. The van der Waals surface area contributed by atoms with Gasteiger partial charge < -0.3 is 15.8 Å². The Morgan fingerprint density at radius 3 is 3.00 bits per heavy atom. The van der Waals surface area contributed by atoms with Crippen molar-refractivity contribution in [2.45, 2.75) is 19.4 Å². The highest BCUT2D eigenvalue weighted by Gasteiger charge is 2.05. The molecule has 0 aromatic heterocycles. The summed E-state index contributed by atoms with van der Waals surface area (Å²) < 4.78 is 18.5. The van der Waals surface area contributed by atoms with Crippen LogP contribution in [-0.4, -0.2) is 26.2 Å². The van der Waals surface area contributed by atoms with Crippen molar-refractivity contribution in [1.82, 2.24) is 5.32 Å². The molecular formula is C15H19FN2O2. The molecule has 3 N–H and O–H groups in total. The summed E-state index contributed by atoms with van der Waals surface area (Å²) in [7, 11) is 1.58. The Kier molecular flexibility index (Phi) is 7.33. The first-order valence-corrected chi connectivity index (χ1v) is 6.40. The predicted molar refractivity (Wildman–Crippen MR) is 75.3 cm³/mol. The van der Waals surface area contributed by atoms with Crippen molar-refractivity contribution < 1.29 is 13.9 Å². The Balaban J connectivity index is 2.56. The molecule has 0 bridgehead atoms. The normalized spacial score (nSPS) is 9.75. The standard InChI is InChI=1S/C15H19FN2O2/c1-20-9-3-5-15(19)18-11-13-10-12(4-2-8-17)6-7-14(13)16/h6-7,10H,3,5,8-9,11,17H2,1H3,(H,18,19). The summed E-state index contributed by atoms with van der Waals surface area (Å²) in [5, 5.41) is 2.67. The lowest BCUT2D eigenvalue weighted by Gasteiger charge is -2.07. The number of carbonyl (C=O) groups excluding carboxylic acids is 1. The van der Waals surface area contributed by atoms with Crippen LogP contribution in [0.2, 0.25) is 0 Å². The van der Waals surface area contributed by atoms with E-state index in [2.05, 4.69) is 17.2 Å². The van der Waals surface area contributed by atoms with Crippen LogP contribution >= 0.6 is 0 Å². The number of amides is 1. The maximum atomic E-state index is 13.6. The summed E-state index contributed by atoms with van der Waals surface area (Å²) in [5.41, 5.74) is 6.38. The number of benzene rings is 1. The lowest BCUT2D eigenvalue weighted by molar-refractivity contribution is -0.121. The van der Waals surface area contributed by atoms with Crippen molar-refractivity contribution in [3.8, 4) is 11.8 Å². The molecule has 0 atom stereocenters. The van der Waals surface area contributed by atoms with Gasteiger partial charge in [-0.15, -0.1) is 0 Å². The van der Waals surface area contributed by atoms with Crippen LogP contribution in [0.25, 0.3) is 0 Å². The van der Waals surface area contributed by atoms with E-state index in [1.807, 2.05) is 0 Å². The number of hydrogen-bond acceptors (Lipinski definition) is 3. The highest BCUT2D eigenvalue weighted by atomic mass is 19.1. The molecule has 0 unspecified atom stereocenters. The van der Waals surface area contributed by atoms with Crippen molar-refractivity contribution in [3.63, 3.8) is 0 Å². The first-order chi connectivity index (χ1) is 9.67. The van der Waals surface area contributed by atoms with Crippen molar-refractivity contribution >= 4 is 5.91 Å². The summed E-state index contributed by atoms with van der Waals surface area (Å²) in [6.07, 6.45) is 1.01. The van der Waals surface area contributed by atoms with Crippen molar-refractivity contribution in [3.05, 3.63) is 35.1 Å². The second-order valence-corrected chi connectivity index (χ2v) is 4.19. The maximum absolute atomic E-state index is 13.6. The quantitative estimate of drug-likeness (QED) is 0.606. The van der Waals surface area contributed by atoms with Crippen LogP contribution < -0.4 is 11.1 Å². The average molecular weight is 278 g/mol. The molecule has 0 saturated heterocycles. The molecule has 0 aliphatic carbocycles. The fourth-order valence-corrected chi connectivity index (χ4v) is 1.60. The Hall–Kier alpha value is -1.90. The summed E-state index contributed by atoms with van der Waals surface area (Å²) in [5.74, 6) is 5.05. The molecule has 0 saturated carbocycles. The average Bonchev–Trinajstić information content (AvgIpc) is 2.45. The van der Waals surface area contributed by atoms with Gasteiger partial charge in [0.1, 0.15) is 5.82 Å². The number of ether oxygens (including phenoxy) is 1. The van der Waals surface area contributed by atoms with E-state index in [0.29, 0.717) is 30.6 Å². The van der Waals surface area contributed by atoms with Crippen molar-refractivity contribution in [2.75, 3.05) is 20.3 Å². The molecule has 0 aliphatic heterocycles. The smallest absolute Gasteiger partial charge is 0.220 e. The van der Waals surface area contributed by atoms with Crippen LogP contribution in [0.1, 0.15) is 24.0 Å². The number of halogens is 1. The van der Waals surface area contributed by atoms with Crippen LogP contribution in [0.15, 0.2) is 18.2 Å². The highest BCUT2D eigenvalue weighted by molar-refractivity contribution is 5.75. The molecule has 108 valence electrons. The first kappa shape index (κ1) is 16.2. The fourth-order valence-electron chi connectivity index (χ4n) is 1.60. The van der Waals surface area contributed by atoms with E-state index < -0.39 is 0 Å². The summed E-state index contributed by atoms with van der Waals surface area (Å²) >= 11 is 0. The molecule has 0 aliphatic rings. The number of carbonyl (C=O) groups is 1. The summed E-state index contributed by atoms with van der Waals surface area (Å²) in [6.45, 7) is 0.935. The van der Waals surface area contributed by atoms with E-state index in [0.717, 1.165) is 0 Å². The number of hydrogen-bond donors (Lipinski definition) is 2. The van der Waals surface area contributed by atoms with Gasteiger partial charge in [0.2, 0.25) is 5.91 Å². The molecule has 4 nitrogen and oxygen atoms in total. The van der Waals surface area contributed by atoms with Gasteiger partial charge in [-0.3, -0.25) is 4.79 Å². The minimum Gasteiger partial charge on any atom is -0.385 e. The van der Waals surface area contributed by atoms with Crippen LogP contribution in [0, 0.1) is 17.7 Å². The summed E-state index contributed by atoms with van der Waals surface area (Å²) in [6, 6.07) is 4.54. The highest BCUT2D eigenvalue weighted by Crippen LogP contribution is 2.10. The van der Waals surface area contributed by atoms with Gasteiger partial charge in [0.15, 0.2) is 0 Å². The van der Waals surface area contributed by atoms with E-state index in [1.54, 1.807) is 19.2 Å². The first-order valence-electron chi connectivity index (χ1n) is 6.40. The van der Waals surface area contributed by atoms with Gasteiger partial charge in [0.05, 0.1) is 6.54 Å². The van der Waals surface area contributed by atoms with E-state index in [-0.39, 0.29) is 24.8 Å². The van der Waals surface area contributed by atoms with E-state index >= 15 is 0 Å². The maximum Gasteiger partial charge on any atom is 0.220 e. The molecule has 0 spiro atoms. The van der Waals surface area contributed by atoms with Gasteiger partial charge in [-0.1, -0.05) is 11.8 Å². The van der Waals surface area contributed by atoms with Gasteiger partial charge in [-0.25, -0.2) is 4.39 Å². The summed E-state index contributed by atoms with van der Waals surface area (Å²) in [4.78, 5) is 11.5. The Labute approximate surface area is 118 Å². The lowest BCUT2D eigenvalue weighted by atomic mass is 10.1. The zero-order valence-corrected chi connectivity index (χ0v) is 11.5. The largest absolute Gasteiger partial charge is 0.385 e. The van der Waals surface area contributed by atoms with Gasteiger partial charge in [0, 0.05) is 37.8 Å². The van der Waals surface area contributed by atoms with Crippen molar-refractivity contribution in [2.24, 2.45) is 5.73 Å². The molecule has 0 radical (unpaired) electrons. The van der Waals surface area contributed by atoms with Gasteiger partial charge in [0.25, 0.3) is 0 Å². The molecule has 5 heteroatoms. The molecule has 0 fully saturated rings. The van der Waals surface area contributed by atoms with Crippen LogP contribution in [0.3, 0.4) is 0 Å². The molecule has 1 amide bonds. The molecular weight excluding hydrogens is 259 g/mol. The van der Waals surface area contributed by atoms with E-state index in [1.165, 1.54) is 6.07 Å². The predicted octanol–water partition coefficient (Wildman–Crippen LogP) is 1.18. The molecule has 0 heterocycles. The minimum atomic E-state index is -0.361. The Bertz CT molecular complexity index is 506. The topological polar surface area (TPSA) is 64.3 Å². The fraction of sp³-hybridized carbons (Fsp3) is 0.400. The second kappa shape index (κ2) is 9.08. The van der Waals surface area contributed by atoms with Gasteiger partial charge in [-0.2, -0.15) is 0 Å². The lowest BCUT2D eigenvalue weighted by Crippen LogP contribution is -2.23. The van der Waals surface area contributed by atoms with Crippen LogP contribution in [0.4, 0.5) is 4.39 Å². The van der Waals surface area contributed by atoms with E-state index in [4.69, 9.17) is 10.5 Å². The number of rotatable bonds is 6. The SMILES string of the molecule is COCCCC(=O)NCc1cc(C#CCN)ccc1F. The minimum absolute atomic E-state index is 0.125. The molecule has 20 heavy (non-hydrogen) atoms. The zero-order valence-electron chi connectivity index (χ0n) is 11.5. The van der Waals surface area contributed by atoms with Crippen molar-refractivity contribution in [1.29, 1.82) is 0 Å². The molecule has 1 aromatic rings. The Morgan fingerprint density at radius 2 is 2.30 bits per heavy atom. The molecule has 1 aromatic carbocycles. The van der Waals surface area contributed by atoms with Gasteiger partial charge in [-0.05, 0) is 24.6 Å². The number of nitrogens with two attached hydrogens (primary N) is 1. The number of nitrogens with one attached hydrogen (secondary N) is 1. The molecule has 1 rings (SSSR count). The van der Waals surface area contributed by atoms with Gasteiger partial charge >= 0.3 is 0 Å². The third kappa shape index (κ3) is 5.83. The second-order valence-electron chi connectivity index (χ2n) is 4.19. The number of methoxy groups -OCH3 is 1. The monoisotopic (exact) mass is 278 g/mol. The Morgan fingerprint density at radius 1 is 1.50 bits per heavy atom. The van der Waals surface area contributed by atoms with E-state index in [9.17, 15) is 9.18 Å². The van der Waals surface area contributed by atoms with Crippen LogP contribution in [-0.2, 0) is 16.1 Å².